The van der Waals surface area contributed by atoms with Gasteiger partial charge in [0.15, 0.2) is 11.6 Å². The van der Waals surface area contributed by atoms with Crippen LogP contribution in [-0.4, -0.2) is 18.0 Å². The van der Waals surface area contributed by atoms with Crippen molar-refractivity contribution in [2.24, 2.45) is 0 Å². The summed E-state index contributed by atoms with van der Waals surface area (Å²) in [6.45, 7) is 1.92. The highest BCUT2D eigenvalue weighted by atomic mass is 79.9. The lowest BCUT2D eigenvalue weighted by Crippen LogP contribution is -2.24. The van der Waals surface area contributed by atoms with E-state index >= 15 is 0 Å². The number of halogens is 3. The van der Waals surface area contributed by atoms with Crippen LogP contribution < -0.4 is 10.1 Å². The lowest BCUT2D eigenvalue weighted by atomic mass is 9.98. The highest BCUT2D eigenvalue weighted by molar-refractivity contribution is 9.10. The number of nitrogens with zero attached hydrogens (tertiary/aromatic N) is 1. The highest BCUT2D eigenvalue weighted by Crippen LogP contribution is 2.31. The van der Waals surface area contributed by atoms with Crippen LogP contribution in [0.2, 0.25) is 0 Å². The Kier molecular flexibility index (Phi) is 6.04. The molecule has 7 heteroatoms. The first-order chi connectivity index (χ1) is 13.4. The van der Waals surface area contributed by atoms with Crippen molar-refractivity contribution < 1.29 is 18.3 Å². The first kappa shape index (κ1) is 19.9. The van der Waals surface area contributed by atoms with Crippen LogP contribution in [0.4, 0.5) is 8.78 Å². The van der Waals surface area contributed by atoms with Crippen LogP contribution in [0.15, 0.2) is 53.1 Å². The predicted molar refractivity (Wildman–Crippen MR) is 106 cm³/mol. The van der Waals surface area contributed by atoms with E-state index in [4.69, 9.17) is 4.74 Å². The number of carbonyl (C=O) groups excluding carboxylic acids is 1. The number of methoxy groups -OCH3 is 1. The van der Waals surface area contributed by atoms with Crippen LogP contribution in [0.3, 0.4) is 0 Å². The molecule has 28 heavy (non-hydrogen) atoms. The number of rotatable bonds is 5. The molecule has 0 fully saturated rings. The highest BCUT2D eigenvalue weighted by Gasteiger charge is 2.21. The topological polar surface area (TPSA) is 51.2 Å². The third-order valence-corrected chi connectivity index (χ3v) is 4.92. The summed E-state index contributed by atoms with van der Waals surface area (Å²) in [6, 6.07) is 11.6. The Hall–Kier alpha value is -2.80. The van der Waals surface area contributed by atoms with Crippen LogP contribution in [0.5, 0.6) is 5.75 Å². The molecule has 1 heterocycles. The molecule has 0 aliphatic rings. The molecular weight excluding hydrogens is 430 g/mol. The van der Waals surface area contributed by atoms with E-state index in [-0.39, 0.29) is 27.7 Å². The summed E-state index contributed by atoms with van der Waals surface area (Å²) in [5.41, 5.74) is 1.78. The molecule has 3 rings (SSSR count). The molecule has 0 aliphatic carbocycles. The zero-order valence-electron chi connectivity index (χ0n) is 15.2. The smallest absolute Gasteiger partial charge is 0.254 e. The summed E-state index contributed by atoms with van der Waals surface area (Å²) >= 11 is 2.96. The van der Waals surface area contributed by atoms with Gasteiger partial charge in [0.2, 0.25) is 0 Å². The van der Waals surface area contributed by atoms with Crippen molar-refractivity contribution in [1.82, 2.24) is 10.3 Å². The number of hydrogen-bond donors (Lipinski definition) is 1. The molecule has 0 bridgehead atoms. The Labute approximate surface area is 169 Å². The molecule has 0 saturated carbocycles. The monoisotopic (exact) mass is 446 g/mol. The first-order valence-corrected chi connectivity index (χ1v) is 9.22. The quantitative estimate of drug-likeness (QED) is 0.558. The molecular formula is C21H17BrF2N2O2. The van der Waals surface area contributed by atoms with Crippen LogP contribution >= 0.6 is 15.9 Å². The number of aryl methyl sites for hydroxylation is 1. The zero-order chi connectivity index (χ0) is 20.3. The van der Waals surface area contributed by atoms with Crippen LogP contribution in [0, 0.1) is 18.6 Å². The fourth-order valence-corrected chi connectivity index (χ4v) is 3.13. The minimum atomic E-state index is -1.02. The first-order valence-electron chi connectivity index (χ1n) is 8.43. The van der Waals surface area contributed by atoms with Gasteiger partial charge in [-0.15, -0.1) is 0 Å². The van der Waals surface area contributed by atoms with Gasteiger partial charge >= 0.3 is 0 Å². The second kappa shape index (κ2) is 8.48. The van der Waals surface area contributed by atoms with Crippen molar-refractivity contribution in [1.29, 1.82) is 0 Å². The maximum absolute atomic E-state index is 14.5. The van der Waals surface area contributed by atoms with Gasteiger partial charge in [0, 0.05) is 23.9 Å². The third-order valence-electron chi connectivity index (χ3n) is 4.31. The van der Waals surface area contributed by atoms with Gasteiger partial charge in [-0.3, -0.25) is 9.78 Å². The molecule has 0 spiro atoms. The van der Waals surface area contributed by atoms with Crippen LogP contribution in [-0.2, 0) is 6.54 Å². The average Bonchev–Trinajstić information content (AvgIpc) is 2.70. The number of pyridine rings is 1. The van der Waals surface area contributed by atoms with E-state index in [2.05, 4.69) is 26.2 Å². The van der Waals surface area contributed by atoms with Crippen molar-refractivity contribution in [3.8, 4) is 16.9 Å². The summed E-state index contributed by atoms with van der Waals surface area (Å²) in [6.07, 6.45) is 1.46. The van der Waals surface area contributed by atoms with E-state index in [0.717, 1.165) is 5.56 Å². The number of nitrogens with one attached hydrogen (secondary N) is 1. The zero-order valence-corrected chi connectivity index (χ0v) is 16.8. The van der Waals surface area contributed by atoms with E-state index in [9.17, 15) is 13.6 Å². The summed E-state index contributed by atoms with van der Waals surface area (Å²) in [5, 5.41) is 2.80. The maximum atomic E-state index is 14.5. The van der Waals surface area contributed by atoms with Crippen LogP contribution in [0.1, 0.15) is 21.6 Å². The van der Waals surface area contributed by atoms with E-state index in [1.54, 1.807) is 26.2 Å². The van der Waals surface area contributed by atoms with Crippen molar-refractivity contribution in [2.75, 3.05) is 7.11 Å². The van der Waals surface area contributed by atoms with E-state index in [1.165, 1.54) is 24.4 Å². The van der Waals surface area contributed by atoms with Crippen molar-refractivity contribution in [3.05, 3.63) is 81.6 Å². The minimum absolute atomic E-state index is 0.000738. The summed E-state index contributed by atoms with van der Waals surface area (Å²) in [7, 11) is 1.58. The minimum Gasteiger partial charge on any atom is -0.497 e. The molecule has 1 aromatic heterocycles. The summed E-state index contributed by atoms with van der Waals surface area (Å²) in [5.74, 6) is -1.73. The molecule has 0 saturated heterocycles. The second-order valence-corrected chi connectivity index (χ2v) is 6.93. The molecule has 0 unspecified atom stereocenters. The molecule has 1 N–H and O–H groups in total. The largest absolute Gasteiger partial charge is 0.497 e. The van der Waals surface area contributed by atoms with Gasteiger partial charge in [-0.25, -0.2) is 8.78 Å². The molecule has 1 amide bonds. The van der Waals surface area contributed by atoms with Crippen molar-refractivity contribution in [2.45, 2.75) is 13.5 Å². The molecule has 0 atom stereocenters. The summed E-state index contributed by atoms with van der Waals surface area (Å²) < 4.78 is 33.6. The molecule has 0 aliphatic heterocycles. The normalized spacial score (nSPS) is 10.6. The van der Waals surface area contributed by atoms with Gasteiger partial charge < -0.3 is 10.1 Å². The predicted octanol–water partition coefficient (Wildman–Crippen LogP) is 5.04. The van der Waals surface area contributed by atoms with Gasteiger partial charge in [0.1, 0.15) is 5.75 Å². The van der Waals surface area contributed by atoms with Gasteiger partial charge in [-0.2, -0.15) is 0 Å². The number of ether oxygens (including phenoxy) is 1. The Balaban J connectivity index is 1.91. The molecule has 0 radical (unpaired) electrons. The van der Waals surface area contributed by atoms with Crippen LogP contribution in [0.25, 0.3) is 11.1 Å². The lowest BCUT2D eigenvalue weighted by Gasteiger charge is -2.14. The SMILES string of the molecule is COc1ccc(CNC(=O)c2c(-c3ccc(Br)c(F)c3F)ccnc2C)cc1. The second-order valence-electron chi connectivity index (χ2n) is 6.07. The third kappa shape index (κ3) is 4.04. The Morgan fingerprint density at radius 3 is 2.46 bits per heavy atom. The maximum Gasteiger partial charge on any atom is 0.254 e. The number of carbonyl (C=O) groups is 1. The van der Waals surface area contributed by atoms with Gasteiger partial charge in [0.25, 0.3) is 5.91 Å². The standard InChI is InChI=1S/C21H17BrF2N2O2/c1-12-18(21(27)26-11-13-3-5-14(28-2)6-4-13)15(9-10-25-12)16-7-8-17(22)20(24)19(16)23/h3-10H,11H2,1-2H3,(H,26,27). The molecule has 3 aromatic rings. The fraction of sp³-hybridized carbons (Fsp3) is 0.143. The number of hydrogen-bond acceptors (Lipinski definition) is 3. The Morgan fingerprint density at radius 2 is 1.79 bits per heavy atom. The number of benzene rings is 2. The number of aromatic nitrogens is 1. The van der Waals surface area contributed by atoms with Crippen molar-refractivity contribution >= 4 is 21.8 Å². The Morgan fingerprint density at radius 1 is 1.07 bits per heavy atom. The van der Waals surface area contributed by atoms with Gasteiger partial charge in [-0.1, -0.05) is 18.2 Å². The molecule has 2 aromatic carbocycles. The van der Waals surface area contributed by atoms with E-state index < -0.39 is 17.5 Å². The Bertz CT molecular complexity index is 1020. The summed E-state index contributed by atoms with van der Waals surface area (Å²) in [4.78, 5) is 16.9. The van der Waals surface area contributed by atoms with Gasteiger partial charge in [-0.05, 0) is 52.7 Å². The average molecular weight is 447 g/mol. The van der Waals surface area contributed by atoms with E-state index in [0.29, 0.717) is 11.4 Å². The van der Waals surface area contributed by atoms with E-state index in [1.807, 2.05) is 12.1 Å². The molecule has 144 valence electrons. The van der Waals surface area contributed by atoms with Gasteiger partial charge in [0.05, 0.1) is 22.8 Å². The lowest BCUT2D eigenvalue weighted by molar-refractivity contribution is 0.0950. The van der Waals surface area contributed by atoms with Crippen molar-refractivity contribution in [3.63, 3.8) is 0 Å². The number of amides is 1. The molecule has 4 nitrogen and oxygen atoms in total. The fourth-order valence-electron chi connectivity index (χ4n) is 2.83.